The number of fused-ring (bicyclic) bond motifs is 1. The van der Waals surface area contributed by atoms with E-state index in [1.165, 1.54) is 0 Å². The van der Waals surface area contributed by atoms with Crippen LogP contribution in [-0.4, -0.2) is 61.8 Å². The summed E-state index contributed by atoms with van der Waals surface area (Å²) in [5.74, 6) is 1.20. The molecule has 25 heavy (non-hydrogen) atoms. The lowest BCUT2D eigenvalue weighted by atomic mass is 10.2. The molecular formula is C16H26Cl2N4O3. The van der Waals surface area contributed by atoms with Gasteiger partial charge in [0.2, 0.25) is 12.7 Å². The van der Waals surface area contributed by atoms with Gasteiger partial charge in [0.15, 0.2) is 11.5 Å². The van der Waals surface area contributed by atoms with Gasteiger partial charge in [0.25, 0.3) is 0 Å². The van der Waals surface area contributed by atoms with E-state index in [0.717, 1.165) is 39.3 Å². The molecule has 0 aromatic heterocycles. The summed E-state index contributed by atoms with van der Waals surface area (Å²) in [4.78, 5) is 16.9. The highest BCUT2D eigenvalue weighted by Crippen LogP contribution is 2.38. The van der Waals surface area contributed by atoms with Gasteiger partial charge in [-0.05, 0) is 6.54 Å². The van der Waals surface area contributed by atoms with Gasteiger partial charge in [0.05, 0.1) is 11.4 Å². The van der Waals surface area contributed by atoms with Crippen molar-refractivity contribution in [1.29, 1.82) is 0 Å². The number of nitrogens with zero attached hydrogens (tertiary/aromatic N) is 2. The molecule has 2 aliphatic rings. The second-order valence-corrected chi connectivity index (χ2v) is 5.87. The number of anilines is 2. The van der Waals surface area contributed by atoms with E-state index in [1.807, 2.05) is 0 Å². The average molecular weight is 393 g/mol. The Labute approximate surface area is 160 Å². The number of nitrogen functional groups attached to an aromatic ring is 1. The zero-order chi connectivity index (χ0) is 16.2. The zero-order valence-electron chi connectivity index (χ0n) is 14.3. The van der Waals surface area contributed by atoms with Crippen molar-refractivity contribution in [3.8, 4) is 11.5 Å². The number of nitrogens with two attached hydrogens (primary N) is 1. The van der Waals surface area contributed by atoms with E-state index in [4.69, 9.17) is 15.2 Å². The fourth-order valence-electron chi connectivity index (χ4n) is 2.87. The number of hydrogen-bond acceptors (Lipinski definition) is 6. The van der Waals surface area contributed by atoms with Crippen LogP contribution in [0.5, 0.6) is 11.5 Å². The third-order valence-corrected chi connectivity index (χ3v) is 4.39. The van der Waals surface area contributed by atoms with Crippen molar-refractivity contribution >= 4 is 42.1 Å². The van der Waals surface area contributed by atoms with E-state index >= 15 is 0 Å². The molecule has 1 fully saturated rings. The topological polar surface area (TPSA) is 80.1 Å². The monoisotopic (exact) mass is 392 g/mol. The molecule has 0 spiro atoms. The van der Waals surface area contributed by atoms with Crippen LogP contribution < -0.4 is 20.5 Å². The normalized spacial score (nSPS) is 16.7. The Morgan fingerprint density at radius 2 is 1.72 bits per heavy atom. The summed E-state index contributed by atoms with van der Waals surface area (Å²) in [5.41, 5.74) is 7.01. The van der Waals surface area contributed by atoms with Gasteiger partial charge in [-0.25, -0.2) is 0 Å². The van der Waals surface area contributed by atoms with Gasteiger partial charge in [0.1, 0.15) is 0 Å². The minimum Gasteiger partial charge on any atom is -0.454 e. The van der Waals surface area contributed by atoms with Crippen LogP contribution >= 0.6 is 24.8 Å². The molecule has 0 atom stereocenters. The maximum absolute atomic E-state index is 12.2. The maximum atomic E-state index is 12.2. The summed E-state index contributed by atoms with van der Waals surface area (Å²) in [6, 6.07) is 3.40. The lowest BCUT2D eigenvalue weighted by Crippen LogP contribution is -2.46. The van der Waals surface area contributed by atoms with E-state index in [-0.39, 0.29) is 37.5 Å². The van der Waals surface area contributed by atoms with E-state index in [2.05, 4.69) is 22.0 Å². The van der Waals surface area contributed by atoms with Crippen LogP contribution in [0.15, 0.2) is 12.1 Å². The minimum absolute atomic E-state index is 0. The Hall–Kier alpha value is -1.41. The molecule has 0 bridgehead atoms. The first-order valence-electron chi connectivity index (χ1n) is 8.09. The summed E-state index contributed by atoms with van der Waals surface area (Å²) >= 11 is 0. The number of carbonyl (C=O) groups is 1. The number of hydrogen-bond donors (Lipinski definition) is 2. The molecule has 0 unspecified atom stereocenters. The summed E-state index contributed by atoms with van der Waals surface area (Å²) in [6.45, 7) is 8.43. The molecule has 9 heteroatoms. The third-order valence-electron chi connectivity index (χ3n) is 4.39. The zero-order valence-corrected chi connectivity index (χ0v) is 16.0. The van der Waals surface area contributed by atoms with Gasteiger partial charge in [-0.15, -0.1) is 24.8 Å². The number of likely N-dealkylation sites (N-methyl/N-ethyl adjacent to an activating group) is 1. The first kappa shape index (κ1) is 21.6. The predicted octanol–water partition coefficient (Wildman–Crippen LogP) is 1.81. The van der Waals surface area contributed by atoms with Gasteiger partial charge < -0.3 is 30.3 Å². The van der Waals surface area contributed by atoms with Crippen LogP contribution in [0.1, 0.15) is 13.3 Å². The molecule has 3 N–H and O–H groups in total. The first-order valence-corrected chi connectivity index (χ1v) is 8.09. The Morgan fingerprint density at radius 1 is 1.12 bits per heavy atom. The summed E-state index contributed by atoms with van der Waals surface area (Å²) in [7, 11) is 0. The van der Waals surface area contributed by atoms with E-state index < -0.39 is 0 Å². The van der Waals surface area contributed by atoms with Crippen molar-refractivity contribution in [2.45, 2.75) is 13.3 Å². The summed E-state index contributed by atoms with van der Waals surface area (Å²) < 4.78 is 10.6. The Bertz CT molecular complexity index is 581. The number of piperazine rings is 1. The molecule has 1 amide bonds. The van der Waals surface area contributed by atoms with Crippen LogP contribution in [0, 0.1) is 0 Å². The van der Waals surface area contributed by atoms with Crippen LogP contribution in [0.3, 0.4) is 0 Å². The molecule has 1 aromatic rings. The number of rotatable bonds is 5. The van der Waals surface area contributed by atoms with E-state index in [0.29, 0.717) is 29.3 Å². The van der Waals surface area contributed by atoms with Crippen molar-refractivity contribution in [2.75, 3.05) is 57.1 Å². The maximum Gasteiger partial charge on any atom is 0.231 e. The predicted molar refractivity (Wildman–Crippen MR) is 103 cm³/mol. The first-order chi connectivity index (χ1) is 11.2. The standard InChI is InChI=1S/C16H24N4O3.2ClH/c1-2-19-5-7-20(8-6-19)4-3-16(21)18-13-10-15-14(9-12(13)17)22-11-23-15;;/h9-10H,2-8,11,17H2,1H3,(H,18,21);2*1H. The Kier molecular flexibility index (Phi) is 8.58. The molecule has 0 saturated carbocycles. The van der Waals surface area contributed by atoms with Crippen molar-refractivity contribution in [3.63, 3.8) is 0 Å². The number of carbonyl (C=O) groups excluding carboxylic acids is 1. The fraction of sp³-hybridized carbons (Fsp3) is 0.562. The van der Waals surface area contributed by atoms with Gasteiger partial charge in [-0.3, -0.25) is 4.79 Å². The van der Waals surface area contributed by atoms with Crippen molar-refractivity contribution in [2.24, 2.45) is 0 Å². The minimum atomic E-state index is -0.0338. The average Bonchev–Trinajstić information content (AvgIpc) is 3.01. The lowest BCUT2D eigenvalue weighted by Gasteiger charge is -2.33. The van der Waals surface area contributed by atoms with E-state index in [1.54, 1.807) is 12.1 Å². The van der Waals surface area contributed by atoms with Crippen LogP contribution in [0.25, 0.3) is 0 Å². The summed E-state index contributed by atoms with van der Waals surface area (Å²) in [6.07, 6.45) is 0.458. The number of nitrogens with one attached hydrogen (secondary N) is 1. The van der Waals surface area contributed by atoms with Crippen LogP contribution in [0.4, 0.5) is 11.4 Å². The molecule has 2 heterocycles. The number of benzene rings is 1. The molecule has 3 rings (SSSR count). The highest BCUT2D eigenvalue weighted by molar-refractivity contribution is 5.94. The lowest BCUT2D eigenvalue weighted by molar-refractivity contribution is -0.116. The van der Waals surface area contributed by atoms with Gasteiger partial charge in [-0.1, -0.05) is 6.92 Å². The highest BCUT2D eigenvalue weighted by atomic mass is 35.5. The molecular weight excluding hydrogens is 367 g/mol. The van der Waals surface area contributed by atoms with Crippen molar-refractivity contribution in [3.05, 3.63) is 12.1 Å². The van der Waals surface area contributed by atoms with Crippen LogP contribution in [-0.2, 0) is 4.79 Å². The third kappa shape index (κ3) is 5.54. The Balaban J connectivity index is 0.00000156. The Morgan fingerprint density at radius 3 is 2.36 bits per heavy atom. The van der Waals surface area contributed by atoms with Crippen molar-refractivity contribution < 1.29 is 14.3 Å². The van der Waals surface area contributed by atoms with Gasteiger partial charge >= 0.3 is 0 Å². The second-order valence-electron chi connectivity index (χ2n) is 5.87. The van der Waals surface area contributed by atoms with Gasteiger partial charge in [0, 0.05) is 51.3 Å². The molecule has 1 aromatic carbocycles. The summed E-state index contributed by atoms with van der Waals surface area (Å²) in [5, 5.41) is 2.86. The highest BCUT2D eigenvalue weighted by Gasteiger charge is 2.19. The van der Waals surface area contributed by atoms with Gasteiger partial charge in [-0.2, -0.15) is 0 Å². The molecule has 0 aliphatic carbocycles. The number of halogens is 2. The molecule has 7 nitrogen and oxygen atoms in total. The molecule has 2 aliphatic heterocycles. The van der Waals surface area contributed by atoms with Crippen molar-refractivity contribution in [1.82, 2.24) is 9.80 Å². The second kappa shape index (κ2) is 9.91. The SMILES string of the molecule is CCN1CCN(CCC(=O)Nc2cc3c(cc2N)OCO3)CC1.Cl.Cl. The molecule has 142 valence electrons. The number of ether oxygens (including phenoxy) is 2. The quantitative estimate of drug-likeness (QED) is 0.743. The molecule has 1 saturated heterocycles. The fourth-order valence-corrected chi connectivity index (χ4v) is 2.87. The number of amides is 1. The van der Waals surface area contributed by atoms with Crippen LogP contribution in [0.2, 0.25) is 0 Å². The van der Waals surface area contributed by atoms with E-state index in [9.17, 15) is 4.79 Å². The smallest absolute Gasteiger partial charge is 0.231 e. The largest absolute Gasteiger partial charge is 0.454 e. The molecule has 0 radical (unpaired) electrons.